The van der Waals surface area contributed by atoms with Crippen LogP contribution in [-0.4, -0.2) is 28.0 Å². The summed E-state index contributed by atoms with van der Waals surface area (Å²) in [7, 11) is 0.0119. The Morgan fingerprint density at radius 1 is 1.53 bits per heavy atom. The molecule has 0 aliphatic carbocycles. The van der Waals surface area contributed by atoms with Crippen LogP contribution >= 0.6 is 0 Å². The first kappa shape index (κ1) is 15.3. The van der Waals surface area contributed by atoms with Crippen LogP contribution in [0.25, 0.3) is 0 Å². The third kappa shape index (κ3) is 4.78. The summed E-state index contributed by atoms with van der Waals surface area (Å²) in [6.07, 6.45) is 0. The molecule has 0 heterocycles. The second kappa shape index (κ2) is 6.98. The summed E-state index contributed by atoms with van der Waals surface area (Å²) in [6, 6.07) is 5.99. The van der Waals surface area contributed by atoms with E-state index in [-0.39, 0.29) is 17.2 Å². The second-order valence-corrected chi connectivity index (χ2v) is 5.60. The van der Waals surface area contributed by atoms with Gasteiger partial charge in [0.2, 0.25) is 0 Å². The van der Waals surface area contributed by atoms with Gasteiger partial charge >= 0.3 is 5.97 Å². The smallest absolute Gasteiger partial charge is 0.309 e. The topological polar surface area (TPSA) is 86.5 Å². The molecule has 0 bridgehead atoms. The Kier molecular flexibility index (Phi) is 5.62. The van der Waals surface area contributed by atoms with E-state index in [1.54, 1.807) is 19.1 Å². The van der Waals surface area contributed by atoms with E-state index in [0.29, 0.717) is 5.56 Å². The van der Waals surface area contributed by atoms with Crippen LogP contribution in [0.1, 0.15) is 12.5 Å². The lowest BCUT2D eigenvalue weighted by molar-refractivity contribution is -0.384. The lowest BCUT2D eigenvalue weighted by Crippen LogP contribution is -2.20. The van der Waals surface area contributed by atoms with E-state index < -0.39 is 27.6 Å². The van der Waals surface area contributed by atoms with Crippen LogP contribution in [-0.2, 0) is 26.1 Å². The SMILES string of the molecule is COC(=O)C(C)CS(=O)Cc1cccc([N+](=O)[O-])c1. The second-order valence-electron chi connectivity index (χ2n) is 4.10. The zero-order valence-electron chi connectivity index (χ0n) is 10.7. The number of methoxy groups -OCH3 is 1. The molecule has 0 saturated heterocycles. The fourth-order valence-electron chi connectivity index (χ4n) is 1.55. The Balaban J connectivity index is 2.64. The van der Waals surface area contributed by atoms with Gasteiger partial charge in [-0.25, -0.2) is 0 Å². The summed E-state index contributed by atoms with van der Waals surface area (Å²) in [6.45, 7) is 1.64. The molecule has 0 spiro atoms. The molecule has 2 atom stereocenters. The minimum Gasteiger partial charge on any atom is -0.469 e. The average molecular weight is 285 g/mol. The molecule has 0 saturated carbocycles. The van der Waals surface area contributed by atoms with Gasteiger partial charge in [-0.2, -0.15) is 0 Å². The molecule has 0 amide bonds. The van der Waals surface area contributed by atoms with E-state index in [2.05, 4.69) is 4.74 Å². The van der Waals surface area contributed by atoms with Crippen LogP contribution in [0.15, 0.2) is 24.3 Å². The van der Waals surface area contributed by atoms with Crippen molar-refractivity contribution in [2.24, 2.45) is 5.92 Å². The van der Waals surface area contributed by atoms with Gasteiger partial charge in [0.15, 0.2) is 0 Å². The number of nitrogens with zero attached hydrogens (tertiary/aromatic N) is 1. The molecule has 1 aromatic carbocycles. The van der Waals surface area contributed by atoms with Crippen molar-refractivity contribution in [2.45, 2.75) is 12.7 Å². The van der Waals surface area contributed by atoms with Crippen molar-refractivity contribution in [2.75, 3.05) is 12.9 Å². The highest BCUT2D eigenvalue weighted by atomic mass is 32.2. The summed E-state index contributed by atoms with van der Waals surface area (Å²) >= 11 is 0. The number of carbonyl (C=O) groups excluding carboxylic acids is 1. The van der Waals surface area contributed by atoms with Gasteiger partial charge in [-0.15, -0.1) is 0 Å². The Hall–Kier alpha value is -1.76. The first-order chi connectivity index (χ1) is 8.93. The molecule has 0 N–H and O–H groups in total. The highest BCUT2D eigenvalue weighted by Gasteiger charge is 2.17. The maximum Gasteiger partial charge on any atom is 0.309 e. The summed E-state index contributed by atoms with van der Waals surface area (Å²) in [5.41, 5.74) is 0.583. The van der Waals surface area contributed by atoms with E-state index in [1.165, 1.54) is 19.2 Å². The Morgan fingerprint density at radius 3 is 2.79 bits per heavy atom. The lowest BCUT2D eigenvalue weighted by atomic mass is 10.2. The molecular formula is C12H15NO5S. The number of benzene rings is 1. The van der Waals surface area contributed by atoms with Crippen molar-refractivity contribution in [3.8, 4) is 0 Å². The van der Waals surface area contributed by atoms with E-state index in [0.717, 1.165) is 0 Å². The predicted molar refractivity (Wildman–Crippen MR) is 71.0 cm³/mol. The van der Waals surface area contributed by atoms with Gasteiger partial charge in [0, 0.05) is 34.4 Å². The monoisotopic (exact) mass is 285 g/mol. The zero-order valence-corrected chi connectivity index (χ0v) is 11.5. The summed E-state index contributed by atoms with van der Waals surface area (Å²) in [4.78, 5) is 21.3. The molecule has 6 nitrogen and oxygen atoms in total. The van der Waals surface area contributed by atoms with Gasteiger partial charge in [-0.1, -0.05) is 19.1 Å². The fourth-order valence-corrected chi connectivity index (χ4v) is 2.92. The molecule has 0 aromatic heterocycles. The number of nitro benzene ring substituents is 1. The molecule has 0 radical (unpaired) electrons. The normalized spacial score (nSPS) is 13.6. The number of hydrogen-bond donors (Lipinski definition) is 0. The summed E-state index contributed by atoms with van der Waals surface area (Å²) < 4.78 is 16.4. The van der Waals surface area contributed by atoms with Crippen molar-refractivity contribution >= 4 is 22.5 Å². The minimum atomic E-state index is -1.27. The van der Waals surface area contributed by atoms with Crippen molar-refractivity contribution in [1.82, 2.24) is 0 Å². The number of esters is 1. The Bertz CT molecular complexity index is 503. The number of ether oxygens (including phenoxy) is 1. The van der Waals surface area contributed by atoms with E-state index in [4.69, 9.17) is 0 Å². The van der Waals surface area contributed by atoms with Crippen molar-refractivity contribution in [3.63, 3.8) is 0 Å². The maximum atomic E-state index is 11.9. The van der Waals surface area contributed by atoms with Gasteiger partial charge in [0.25, 0.3) is 5.69 Å². The fraction of sp³-hybridized carbons (Fsp3) is 0.417. The van der Waals surface area contributed by atoms with Crippen LogP contribution in [0, 0.1) is 16.0 Å². The summed E-state index contributed by atoms with van der Waals surface area (Å²) in [5, 5.41) is 10.6. The van der Waals surface area contributed by atoms with E-state index in [1.807, 2.05) is 0 Å². The minimum absolute atomic E-state index is 0.0319. The van der Waals surface area contributed by atoms with Gasteiger partial charge in [0.05, 0.1) is 18.0 Å². The Morgan fingerprint density at radius 2 is 2.21 bits per heavy atom. The number of hydrogen-bond acceptors (Lipinski definition) is 5. The Labute approximate surface area is 113 Å². The van der Waals surface area contributed by atoms with Gasteiger partial charge < -0.3 is 4.74 Å². The van der Waals surface area contributed by atoms with Gasteiger partial charge in [0.1, 0.15) is 0 Å². The molecule has 1 rings (SSSR count). The van der Waals surface area contributed by atoms with E-state index in [9.17, 15) is 19.1 Å². The lowest BCUT2D eigenvalue weighted by Gasteiger charge is -2.08. The number of non-ortho nitro benzene ring substituents is 1. The van der Waals surface area contributed by atoms with Crippen LogP contribution in [0.2, 0.25) is 0 Å². The highest BCUT2D eigenvalue weighted by Crippen LogP contribution is 2.15. The molecule has 1 aromatic rings. The van der Waals surface area contributed by atoms with Crippen LogP contribution in [0.4, 0.5) is 5.69 Å². The van der Waals surface area contributed by atoms with Crippen LogP contribution in [0.5, 0.6) is 0 Å². The first-order valence-electron chi connectivity index (χ1n) is 5.60. The third-order valence-electron chi connectivity index (χ3n) is 2.49. The molecule has 104 valence electrons. The zero-order chi connectivity index (χ0) is 14.4. The van der Waals surface area contributed by atoms with Crippen LogP contribution < -0.4 is 0 Å². The summed E-state index contributed by atoms with van der Waals surface area (Å²) in [5.74, 6) is -0.504. The molecule has 19 heavy (non-hydrogen) atoms. The third-order valence-corrected chi connectivity index (χ3v) is 4.02. The molecule has 7 heteroatoms. The molecule has 0 aliphatic heterocycles. The first-order valence-corrected chi connectivity index (χ1v) is 7.09. The quantitative estimate of drug-likeness (QED) is 0.450. The van der Waals surface area contributed by atoms with Gasteiger partial charge in [-0.05, 0) is 5.56 Å². The molecule has 0 fully saturated rings. The van der Waals surface area contributed by atoms with Crippen LogP contribution in [0.3, 0.4) is 0 Å². The standard InChI is InChI=1S/C12H15NO5S/c1-9(12(14)18-2)7-19(17)8-10-4-3-5-11(6-10)13(15)16/h3-6,9H,7-8H2,1-2H3. The predicted octanol–water partition coefficient (Wildman–Crippen LogP) is 1.65. The number of carbonyl (C=O) groups is 1. The number of nitro groups is 1. The van der Waals surface area contributed by atoms with Crippen molar-refractivity contribution in [3.05, 3.63) is 39.9 Å². The largest absolute Gasteiger partial charge is 0.469 e. The van der Waals surface area contributed by atoms with Gasteiger partial charge in [-0.3, -0.25) is 19.1 Å². The molecule has 0 aliphatic rings. The van der Waals surface area contributed by atoms with Crippen molar-refractivity contribution < 1.29 is 18.7 Å². The highest BCUT2D eigenvalue weighted by molar-refractivity contribution is 7.84. The maximum absolute atomic E-state index is 11.9. The number of rotatable bonds is 6. The van der Waals surface area contributed by atoms with Crippen molar-refractivity contribution in [1.29, 1.82) is 0 Å². The average Bonchev–Trinajstić information content (AvgIpc) is 2.37. The molecular weight excluding hydrogens is 270 g/mol. The van der Waals surface area contributed by atoms with E-state index >= 15 is 0 Å². The molecule has 2 unspecified atom stereocenters.